The van der Waals surface area contributed by atoms with Gasteiger partial charge in [-0.3, -0.25) is 0 Å². The van der Waals surface area contributed by atoms with Gasteiger partial charge in [0.2, 0.25) is 0 Å². The van der Waals surface area contributed by atoms with Gasteiger partial charge in [0.05, 0.1) is 0 Å². The first-order chi connectivity index (χ1) is 12.8. The molecule has 0 aromatic heterocycles. The summed E-state index contributed by atoms with van der Waals surface area (Å²) in [7, 11) is 0. The summed E-state index contributed by atoms with van der Waals surface area (Å²) in [5.74, 6) is 0. The van der Waals surface area contributed by atoms with Crippen molar-refractivity contribution in [2.24, 2.45) is 0 Å². The van der Waals surface area contributed by atoms with Crippen molar-refractivity contribution in [3.63, 3.8) is 0 Å². The zero-order valence-corrected chi connectivity index (χ0v) is 17.6. The number of aryl methyl sites for hydroxylation is 2. The van der Waals surface area contributed by atoms with Crippen molar-refractivity contribution < 1.29 is 0 Å². The molecule has 0 saturated heterocycles. The third-order valence-electron chi connectivity index (χ3n) is 6.41. The first kappa shape index (κ1) is 19.4. The van der Waals surface area contributed by atoms with E-state index in [9.17, 15) is 0 Å². The number of hydrogen-bond donors (Lipinski definition) is 0. The Labute approximate surface area is 165 Å². The van der Waals surface area contributed by atoms with Gasteiger partial charge in [-0.2, -0.15) is 0 Å². The average Bonchev–Trinajstić information content (AvgIpc) is 2.68. The fraction of sp³-hybridized carbons (Fsp3) is 0.333. The fourth-order valence-electron chi connectivity index (χ4n) is 3.89. The minimum atomic E-state index is -0.00128. The quantitative estimate of drug-likeness (QED) is 0.448. The van der Waals surface area contributed by atoms with Gasteiger partial charge in [-0.1, -0.05) is 112 Å². The van der Waals surface area contributed by atoms with E-state index in [2.05, 4.69) is 114 Å². The maximum absolute atomic E-state index is 2.36. The van der Waals surface area contributed by atoms with E-state index in [0.29, 0.717) is 0 Å². The average molecular weight is 357 g/mol. The molecule has 0 heterocycles. The SMILES string of the molecule is CCC(C)(c1ccc(C)cc1)c1ccc(C(C)(C)c2ccc(C)cc2)cc1. The van der Waals surface area contributed by atoms with Gasteiger partial charge in [-0.25, -0.2) is 0 Å². The van der Waals surface area contributed by atoms with E-state index in [-0.39, 0.29) is 10.8 Å². The fourth-order valence-corrected chi connectivity index (χ4v) is 3.89. The van der Waals surface area contributed by atoms with E-state index >= 15 is 0 Å². The summed E-state index contributed by atoms with van der Waals surface area (Å²) >= 11 is 0. The normalized spacial score (nSPS) is 14.0. The lowest BCUT2D eigenvalue weighted by Crippen LogP contribution is -2.23. The summed E-state index contributed by atoms with van der Waals surface area (Å²) in [6.07, 6.45) is 1.08. The van der Waals surface area contributed by atoms with Gasteiger partial charge >= 0.3 is 0 Å². The highest BCUT2D eigenvalue weighted by atomic mass is 14.3. The maximum atomic E-state index is 2.36. The summed E-state index contributed by atoms with van der Waals surface area (Å²) in [4.78, 5) is 0. The highest BCUT2D eigenvalue weighted by Crippen LogP contribution is 2.37. The molecule has 3 rings (SSSR count). The van der Waals surface area contributed by atoms with E-state index in [0.717, 1.165) is 6.42 Å². The largest absolute Gasteiger partial charge is 0.0642 e. The summed E-state index contributed by atoms with van der Waals surface area (Å²) in [5.41, 5.74) is 8.15. The summed E-state index contributed by atoms with van der Waals surface area (Å²) in [6.45, 7) is 13.6. The molecule has 27 heavy (non-hydrogen) atoms. The number of rotatable bonds is 5. The molecule has 0 saturated carbocycles. The third-order valence-corrected chi connectivity index (χ3v) is 6.41. The third kappa shape index (κ3) is 3.72. The zero-order valence-electron chi connectivity index (χ0n) is 17.6. The second-order valence-electron chi connectivity index (χ2n) is 8.62. The molecule has 0 aliphatic carbocycles. The van der Waals surface area contributed by atoms with Crippen molar-refractivity contribution in [2.45, 2.75) is 58.8 Å². The standard InChI is InChI=1S/C27H32/c1-7-27(6,24-14-10-21(3)11-15-24)25-18-16-23(17-19-25)26(4,5)22-12-8-20(2)9-13-22/h8-19H,7H2,1-6H3. The Balaban J connectivity index is 1.96. The van der Waals surface area contributed by atoms with E-state index in [1.165, 1.54) is 33.4 Å². The predicted molar refractivity (Wildman–Crippen MR) is 118 cm³/mol. The molecule has 0 bridgehead atoms. The van der Waals surface area contributed by atoms with Gasteiger partial charge < -0.3 is 0 Å². The minimum Gasteiger partial charge on any atom is -0.0642 e. The Morgan fingerprint density at radius 2 is 0.815 bits per heavy atom. The number of benzene rings is 3. The lowest BCUT2D eigenvalue weighted by Gasteiger charge is -2.32. The molecular formula is C27H32. The van der Waals surface area contributed by atoms with Crippen molar-refractivity contribution in [1.82, 2.24) is 0 Å². The lowest BCUT2D eigenvalue weighted by atomic mass is 9.72. The highest BCUT2D eigenvalue weighted by Gasteiger charge is 2.28. The molecule has 0 amide bonds. The second-order valence-corrected chi connectivity index (χ2v) is 8.62. The van der Waals surface area contributed by atoms with Gasteiger partial charge in [-0.15, -0.1) is 0 Å². The molecule has 0 N–H and O–H groups in total. The molecule has 0 heteroatoms. The molecule has 0 spiro atoms. The van der Waals surface area contributed by atoms with Crippen LogP contribution in [0, 0.1) is 13.8 Å². The van der Waals surface area contributed by atoms with Crippen LogP contribution < -0.4 is 0 Å². The first-order valence-electron chi connectivity index (χ1n) is 10.0. The Kier molecular flexibility index (Phi) is 5.29. The molecule has 0 nitrogen and oxygen atoms in total. The van der Waals surface area contributed by atoms with Crippen molar-refractivity contribution >= 4 is 0 Å². The van der Waals surface area contributed by atoms with Crippen LogP contribution in [0.3, 0.4) is 0 Å². The van der Waals surface area contributed by atoms with Crippen LogP contribution in [-0.2, 0) is 10.8 Å². The molecule has 0 aliphatic heterocycles. The van der Waals surface area contributed by atoms with Crippen LogP contribution in [0.15, 0.2) is 72.8 Å². The summed E-state index contributed by atoms with van der Waals surface area (Å²) < 4.78 is 0. The van der Waals surface area contributed by atoms with Crippen LogP contribution in [0.1, 0.15) is 67.5 Å². The van der Waals surface area contributed by atoms with Crippen LogP contribution in [0.4, 0.5) is 0 Å². The smallest absolute Gasteiger partial charge is 0.0172 e. The van der Waals surface area contributed by atoms with Gasteiger partial charge in [0, 0.05) is 10.8 Å². The van der Waals surface area contributed by atoms with Gasteiger partial charge in [0.25, 0.3) is 0 Å². The zero-order chi connectivity index (χ0) is 19.7. The highest BCUT2D eigenvalue weighted by molar-refractivity contribution is 5.44. The van der Waals surface area contributed by atoms with Crippen LogP contribution in [0.25, 0.3) is 0 Å². The predicted octanol–water partition coefficient (Wildman–Crippen LogP) is 7.35. The van der Waals surface area contributed by atoms with E-state index in [4.69, 9.17) is 0 Å². The Hall–Kier alpha value is -2.34. The monoisotopic (exact) mass is 356 g/mol. The molecule has 3 aromatic rings. The van der Waals surface area contributed by atoms with Crippen LogP contribution in [0.2, 0.25) is 0 Å². The van der Waals surface area contributed by atoms with Crippen molar-refractivity contribution in [3.05, 3.63) is 106 Å². The lowest BCUT2D eigenvalue weighted by molar-refractivity contribution is 0.548. The molecule has 140 valence electrons. The molecular weight excluding hydrogens is 324 g/mol. The van der Waals surface area contributed by atoms with Gasteiger partial charge in [-0.05, 0) is 42.5 Å². The van der Waals surface area contributed by atoms with Crippen LogP contribution in [-0.4, -0.2) is 0 Å². The van der Waals surface area contributed by atoms with Gasteiger partial charge in [0.1, 0.15) is 0 Å². The van der Waals surface area contributed by atoms with E-state index < -0.39 is 0 Å². The van der Waals surface area contributed by atoms with Crippen molar-refractivity contribution in [3.8, 4) is 0 Å². The molecule has 0 fully saturated rings. The Morgan fingerprint density at radius 1 is 0.519 bits per heavy atom. The molecule has 1 atom stereocenters. The summed E-state index contributed by atoms with van der Waals surface area (Å²) in [5, 5.41) is 0. The maximum Gasteiger partial charge on any atom is 0.0172 e. The van der Waals surface area contributed by atoms with E-state index in [1.54, 1.807) is 0 Å². The van der Waals surface area contributed by atoms with Crippen molar-refractivity contribution in [1.29, 1.82) is 0 Å². The van der Waals surface area contributed by atoms with Crippen LogP contribution in [0.5, 0.6) is 0 Å². The van der Waals surface area contributed by atoms with Crippen molar-refractivity contribution in [2.75, 3.05) is 0 Å². The van der Waals surface area contributed by atoms with Gasteiger partial charge in [0.15, 0.2) is 0 Å². The minimum absolute atomic E-state index is 0.00128. The second kappa shape index (κ2) is 7.35. The topological polar surface area (TPSA) is 0 Å². The number of hydrogen-bond acceptors (Lipinski definition) is 0. The Bertz CT molecular complexity index is 880. The van der Waals surface area contributed by atoms with Crippen LogP contribution >= 0.6 is 0 Å². The molecule has 3 aromatic carbocycles. The Morgan fingerprint density at radius 3 is 1.19 bits per heavy atom. The molecule has 1 unspecified atom stereocenters. The van der Waals surface area contributed by atoms with E-state index in [1.807, 2.05) is 0 Å². The molecule has 0 radical (unpaired) electrons. The summed E-state index contributed by atoms with van der Waals surface area (Å²) in [6, 6.07) is 27.2. The molecule has 0 aliphatic rings. The first-order valence-corrected chi connectivity index (χ1v) is 10.0.